The van der Waals surface area contributed by atoms with Crippen molar-refractivity contribution in [2.75, 3.05) is 6.61 Å². The summed E-state index contributed by atoms with van der Waals surface area (Å²) in [7, 11) is 0. The minimum absolute atomic E-state index is 0. The second-order valence-electron chi connectivity index (χ2n) is 5.22. The zero-order valence-electron chi connectivity index (χ0n) is 12.8. The molecule has 0 heterocycles. The molecule has 2 atom stereocenters. The minimum Gasteiger partial charge on any atom is -0.465 e. The van der Waals surface area contributed by atoms with E-state index in [1.807, 2.05) is 19.9 Å². The van der Waals surface area contributed by atoms with Crippen molar-refractivity contribution in [2.24, 2.45) is 0 Å². The van der Waals surface area contributed by atoms with Gasteiger partial charge in [0.15, 0.2) is 6.29 Å². The van der Waals surface area contributed by atoms with Crippen LogP contribution in [0.25, 0.3) is 10.8 Å². The molecule has 124 valence electrons. The molecule has 2 heteroatoms. The summed E-state index contributed by atoms with van der Waals surface area (Å²) in [4.78, 5) is 0. The molecule has 2 aromatic rings. The first-order valence-electron chi connectivity index (χ1n) is 7.46. The molecule has 0 saturated heterocycles. The third kappa shape index (κ3) is 5.03. The fourth-order valence-corrected chi connectivity index (χ4v) is 2.32. The Bertz CT molecular complexity index is 563. The SMILES string of the molecule is C.C.CCOC(C)Oc1ccc2cc(C(C)CC)ccc2c1. The van der Waals surface area contributed by atoms with E-state index in [0.29, 0.717) is 12.5 Å². The molecule has 0 aliphatic rings. The van der Waals surface area contributed by atoms with Crippen LogP contribution in [0.2, 0.25) is 0 Å². The summed E-state index contributed by atoms with van der Waals surface area (Å²) in [5.41, 5.74) is 1.40. The van der Waals surface area contributed by atoms with Crippen LogP contribution in [-0.4, -0.2) is 12.9 Å². The van der Waals surface area contributed by atoms with Crippen molar-refractivity contribution in [3.63, 3.8) is 0 Å². The van der Waals surface area contributed by atoms with Gasteiger partial charge in [-0.25, -0.2) is 0 Å². The van der Waals surface area contributed by atoms with Crippen LogP contribution >= 0.6 is 0 Å². The highest BCUT2D eigenvalue weighted by molar-refractivity contribution is 5.84. The normalized spacial score (nSPS) is 12.9. The summed E-state index contributed by atoms with van der Waals surface area (Å²) >= 11 is 0. The molecule has 0 bridgehead atoms. The van der Waals surface area contributed by atoms with Gasteiger partial charge in [-0.3, -0.25) is 0 Å². The number of hydrogen-bond acceptors (Lipinski definition) is 2. The van der Waals surface area contributed by atoms with Crippen molar-refractivity contribution in [1.29, 1.82) is 0 Å². The molecule has 0 fully saturated rings. The number of fused-ring (bicyclic) bond motifs is 1. The number of benzene rings is 2. The largest absolute Gasteiger partial charge is 0.465 e. The highest BCUT2D eigenvalue weighted by Crippen LogP contribution is 2.26. The van der Waals surface area contributed by atoms with E-state index in [1.165, 1.54) is 22.8 Å². The van der Waals surface area contributed by atoms with Gasteiger partial charge in [0.05, 0.1) is 0 Å². The lowest BCUT2D eigenvalue weighted by Crippen LogP contribution is -2.15. The molecule has 2 unspecified atom stereocenters. The Morgan fingerprint density at radius 2 is 1.55 bits per heavy atom. The standard InChI is InChI=1S/C18H24O2.2CH4/c1-5-13(3)15-7-8-17-12-18(10-9-16(17)11-15)20-14(4)19-6-2;;/h7-14H,5-6H2,1-4H3;2*1H4. The Labute approximate surface area is 136 Å². The molecule has 0 aliphatic heterocycles. The van der Waals surface area contributed by atoms with E-state index in [0.717, 1.165) is 5.75 Å². The van der Waals surface area contributed by atoms with E-state index in [9.17, 15) is 0 Å². The van der Waals surface area contributed by atoms with Gasteiger partial charge in [0.25, 0.3) is 0 Å². The Balaban J connectivity index is 0.00000220. The van der Waals surface area contributed by atoms with E-state index in [2.05, 4.69) is 44.2 Å². The van der Waals surface area contributed by atoms with Crippen LogP contribution in [-0.2, 0) is 4.74 Å². The zero-order chi connectivity index (χ0) is 14.5. The maximum atomic E-state index is 5.74. The summed E-state index contributed by atoms with van der Waals surface area (Å²) < 4.78 is 11.1. The average molecular weight is 304 g/mol. The summed E-state index contributed by atoms with van der Waals surface area (Å²) in [6.45, 7) is 9.03. The van der Waals surface area contributed by atoms with Crippen molar-refractivity contribution in [2.45, 2.75) is 61.2 Å². The van der Waals surface area contributed by atoms with Crippen molar-refractivity contribution in [3.8, 4) is 5.75 Å². The summed E-state index contributed by atoms with van der Waals surface area (Å²) in [6.07, 6.45) is 0.954. The third-order valence-corrected chi connectivity index (χ3v) is 3.72. The first kappa shape index (κ1) is 20.5. The lowest BCUT2D eigenvalue weighted by atomic mass is 9.96. The molecule has 22 heavy (non-hydrogen) atoms. The molecule has 2 nitrogen and oxygen atoms in total. The molecule has 2 rings (SSSR count). The van der Waals surface area contributed by atoms with E-state index in [1.54, 1.807) is 0 Å². The van der Waals surface area contributed by atoms with Gasteiger partial charge in [-0.15, -0.1) is 0 Å². The van der Waals surface area contributed by atoms with Crippen molar-refractivity contribution in [1.82, 2.24) is 0 Å². The van der Waals surface area contributed by atoms with Crippen molar-refractivity contribution < 1.29 is 9.47 Å². The van der Waals surface area contributed by atoms with Gasteiger partial charge in [0.2, 0.25) is 0 Å². The molecule has 0 saturated carbocycles. The van der Waals surface area contributed by atoms with E-state index in [4.69, 9.17) is 9.47 Å². The van der Waals surface area contributed by atoms with Gasteiger partial charge in [0, 0.05) is 6.61 Å². The Kier molecular flexibility index (Phi) is 8.81. The topological polar surface area (TPSA) is 18.5 Å². The van der Waals surface area contributed by atoms with Crippen LogP contribution < -0.4 is 4.74 Å². The van der Waals surface area contributed by atoms with E-state index < -0.39 is 0 Å². The van der Waals surface area contributed by atoms with Gasteiger partial charge in [-0.1, -0.05) is 53.0 Å². The number of rotatable bonds is 6. The molecule has 0 amide bonds. The monoisotopic (exact) mass is 304 g/mol. The van der Waals surface area contributed by atoms with Gasteiger partial charge < -0.3 is 9.47 Å². The molecule has 0 radical (unpaired) electrons. The van der Waals surface area contributed by atoms with Crippen LogP contribution in [0, 0.1) is 0 Å². The molecule has 2 aromatic carbocycles. The van der Waals surface area contributed by atoms with Crippen LogP contribution in [0.5, 0.6) is 5.75 Å². The molecular weight excluding hydrogens is 272 g/mol. The van der Waals surface area contributed by atoms with Crippen LogP contribution in [0.3, 0.4) is 0 Å². The van der Waals surface area contributed by atoms with Gasteiger partial charge in [-0.05, 0) is 54.7 Å². The Morgan fingerprint density at radius 3 is 2.18 bits per heavy atom. The lowest BCUT2D eigenvalue weighted by Gasteiger charge is -2.15. The van der Waals surface area contributed by atoms with Crippen molar-refractivity contribution >= 4 is 10.8 Å². The number of hydrogen-bond donors (Lipinski definition) is 0. The van der Waals surface area contributed by atoms with E-state index >= 15 is 0 Å². The summed E-state index contributed by atoms with van der Waals surface area (Å²) in [6, 6.07) is 12.9. The first-order chi connectivity index (χ1) is 9.63. The quantitative estimate of drug-likeness (QED) is 0.576. The smallest absolute Gasteiger partial charge is 0.196 e. The van der Waals surface area contributed by atoms with E-state index in [-0.39, 0.29) is 21.1 Å². The Hall–Kier alpha value is -1.54. The molecule has 0 aliphatic carbocycles. The maximum absolute atomic E-state index is 5.74. The predicted molar refractivity (Wildman–Crippen MR) is 97.8 cm³/mol. The second kappa shape index (κ2) is 9.47. The highest BCUT2D eigenvalue weighted by atomic mass is 16.7. The maximum Gasteiger partial charge on any atom is 0.196 e. The molecule has 0 N–H and O–H groups in total. The molecule has 0 spiro atoms. The molecular formula is C20H32O2. The van der Waals surface area contributed by atoms with Gasteiger partial charge in [0.1, 0.15) is 5.75 Å². The van der Waals surface area contributed by atoms with Gasteiger partial charge in [-0.2, -0.15) is 0 Å². The Morgan fingerprint density at radius 1 is 0.909 bits per heavy atom. The second-order valence-corrected chi connectivity index (χ2v) is 5.22. The van der Waals surface area contributed by atoms with Crippen LogP contribution in [0.1, 0.15) is 60.5 Å². The lowest BCUT2D eigenvalue weighted by molar-refractivity contribution is -0.0612. The third-order valence-electron chi connectivity index (χ3n) is 3.72. The zero-order valence-corrected chi connectivity index (χ0v) is 12.8. The minimum atomic E-state index is -0.211. The fraction of sp³-hybridized carbons (Fsp3) is 0.500. The number of ether oxygens (including phenoxy) is 2. The van der Waals surface area contributed by atoms with Crippen molar-refractivity contribution in [3.05, 3.63) is 42.0 Å². The predicted octanol–water partition coefficient (Wildman–Crippen LogP) is 6.39. The molecule has 0 aromatic heterocycles. The van der Waals surface area contributed by atoms with Crippen LogP contribution in [0.4, 0.5) is 0 Å². The fourth-order valence-electron chi connectivity index (χ4n) is 2.32. The first-order valence-corrected chi connectivity index (χ1v) is 7.46. The van der Waals surface area contributed by atoms with Crippen LogP contribution in [0.15, 0.2) is 36.4 Å². The average Bonchev–Trinajstić information content (AvgIpc) is 2.46. The summed E-state index contributed by atoms with van der Waals surface area (Å²) in [5.74, 6) is 1.46. The highest BCUT2D eigenvalue weighted by Gasteiger charge is 2.06. The summed E-state index contributed by atoms with van der Waals surface area (Å²) in [5, 5.41) is 2.47. The van der Waals surface area contributed by atoms with Gasteiger partial charge >= 0.3 is 0 Å².